The molecule has 0 radical (unpaired) electrons. The van der Waals surface area contributed by atoms with E-state index in [1.807, 2.05) is 0 Å². The Morgan fingerprint density at radius 2 is 1.27 bits per heavy atom. The van der Waals surface area contributed by atoms with Crippen molar-refractivity contribution in [3.8, 4) is 0 Å². The number of thiophene rings is 1. The van der Waals surface area contributed by atoms with Crippen molar-refractivity contribution in [3.05, 3.63) is 44.0 Å². The molecule has 0 saturated carbocycles. The van der Waals surface area contributed by atoms with Gasteiger partial charge in [-0.2, -0.15) is 0 Å². The molecule has 2 aliphatic rings. The Morgan fingerprint density at radius 3 is 1.66 bits per heavy atom. The number of benzene rings is 1. The number of sulfonamides is 2. The zero-order chi connectivity index (χ0) is 32.8. The maximum absolute atomic E-state index is 12.2. The predicted molar refractivity (Wildman–Crippen MR) is 178 cm³/mol. The van der Waals surface area contributed by atoms with Crippen LogP contribution in [0.1, 0.15) is 40.5 Å². The molecule has 4 rings (SSSR count). The first-order valence-electron chi connectivity index (χ1n) is 14.5. The first-order chi connectivity index (χ1) is 20.5. The van der Waals surface area contributed by atoms with Crippen LogP contribution in [-0.2, 0) is 20.0 Å². The smallest absolute Gasteiger partial charge is 0.243 e. The molecular weight excluding hydrogens is 691 g/mol. The maximum Gasteiger partial charge on any atom is 0.243 e. The Bertz CT molecular complexity index is 1450. The molecule has 250 valence electrons. The molecule has 3 heterocycles. The molecule has 6 atom stereocenters. The summed E-state index contributed by atoms with van der Waals surface area (Å²) in [5.41, 5.74) is 0. The first-order valence-corrected chi connectivity index (χ1v) is 19.4. The van der Waals surface area contributed by atoms with Gasteiger partial charge in [0.05, 0.1) is 21.6 Å². The van der Waals surface area contributed by atoms with Gasteiger partial charge < -0.3 is 10.2 Å². The fraction of sp³-hybridized carbons (Fsp3) is 0.643. The minimum Gasteiger partial charge on any atom is -0.390 e. The van der Waals surface area contributed by atoms with E-state index < -0.39 is 32.3 Å². The summed E-state index contributed by atoms with van der Waals surface area (Å²) < 4.78 is 53.9. The number of hydrogen-bond donors (Lipinski definition) is 4. The molecule has 16 heteroatoms. The van der Waals surface area contributed by atoms with E-state index in [0.717, 1.165) is 37.3 Å². The lowest BCUT2D eigenvalue weighted by Gasteiger charge is -2.24. The number of β-amino-alcohol motifs (C(OH)–C–C–N with tert-alkyl or cyclic N) is 2. The third-order valence-corrected chi connectivity index (χ3v) is 12.9. The molecule has 0 bridgehead atoms. The van der Waals surface area contributed by atoms with Gasteiger partial charge in [0.2, 0.25) is 20.0 Å². The lowest BCUT2D eigenvalue weighted by molar-refractivity contribution is 0.111. The second-order valence-corrected chi connectivity index (χ2v) is 18.1. The minimum atomic E-state index is -3.76. The number of nitrogens with one attached hydrogen (secondary N) is 2. The second kappa shape index (κ2) is 16.5. The van der Waals surface area contributed by atoms with E-state index in [-0.39, 0.29) is 32.2 Å². The number of hydrogen-bond acceptors (Lipinski definition) is 9. The van der Waals surface area contributed by atoms with Gasteiger partial charge in [0.1, 0.15) is 14.1 Å². The Morgan fingerprint density at radius 1 is 0.818 bits per heavy atom. The van der Waals surface area contributed by atoms with E-state index >= 15 is 0 Å². The molecule has 0 spiro atoms. The third kappa shape index (κ3) is 11.0. The summed E-state index contributed by atoms with van der Waals surface area (Å²) in [7, 11) is -7.46. The van der Waals surface area contributed by atoms with Gasteiger partial charge in [0.25, 0.3) is 0 Å². The summed E-state index contributed by atoms with van der Waals surface area (Å²) in [5, 5.41) is 20.3. The van der Waals surface area contributed by atoms with Gasteiger partial charge in [-0.1, -0.05) is 60.8 Å². The molecular formula is C28H43Cl3N4O6S3. The molecule has 0 aliphatic carbocycles. The first kappa shape index (κ1) is 37.9. The van der Waals surface area contributed by atoms with E-state index in [4.69, 9.17) is 34.8 Å². The summed E-state index contributed by atoms with van der Waals surface area (Å²) in [4.78, 5) is 4.36. The fourth-order valence-electron chi connectivity index (χ4n) is 5.69. The summed E-state index contributed by atoms with van der Waals surface area (Å²) in [5.74, 6) is 1.22. The highest BCUT2D eigenvalue weighted by atomic mass is 35.5. The highest BCUT2D eigenvalue weighted by Crippen LogP contribution is 2.34. The van der Waals surface area contributed by atoms with E-state index in [9.17, 15) is 27.0 Å². The number of aliphatic hydroxyl groups is 2. The van der Waals surface area contributed by atoms with Crippen molar-refractivity contribution in [1.82, 2.24) is 19.2 Å². The van der Waals surface area contributed by atoms with Crippen molar-refractivity contribution in [2.75, 3.05) is 39.3 Å². The molecule has 10 nitrogen and oxygen atoms in total. The number of likely N-dealkylation sites (tertiary alicyclic amines) is 2. The van der Waals surface area contributed by atoms with Gasteiger partial charge in [-0.25, -0.2) is 26.3 Å². The van der Waals surface area contributed by atoms with Crippen LogP contribution in [0.5, 0.6) is 0 Å². The van der Waals surface area contributed by atoms with Crippen molar-refractivity contribution >= 4 is 66.2 Å². The van der Waals surface area contributed by atoms with E-state index in [0.29, 0.717) is 41.3 Å². The van der Waals surface area contributed by atoms with Crippen LogP contribution in [-0.4, -0.2) is 100 Å². The van der Waals surface area contributed by atoms with Crippen LogP contribution in [0, 0.1) is 11.8 Å². The average molecular weight is 734 g/mol. The normalized spacial score (nSPS) is 24.7. The summed E-state index contributed by atoms with van der Waals surface area (Å²) in [6.45, 7) is 11.3. The monoisotopic (exact) mass is 732 g/mol. The maximum atomic E-state index is 12.2. The van der Waals surface area contributed by atoms with Gasteiger partial charge in [0, 0.05) is 51.4 Å². The van der Waals surface area contributed by atoms with E-state index in [1.54, 1.807) is 12.1 Å². The molecule has 2 saturated heterocycles. The zero-order valence-corrected chi connectivity index (χ0v) is 30.0. The zero-order valence-electron chi connectivity index (χ0n) is 25.3. The number of aliphatic hydroxyl groups excluding tert-OH is 2. The number of rotatable bonds is 12. The third-order valence-electron chi connectivity index (χ3n) is 7.78. The Labute approximate surface area is 280 Å². The van der Waals surface area contributed by atoms with Crippen molar-refractivity contribution in [2.24, 2.45) is 11.8 Å². The van der Waals surface area contributed by atoms with Crippen molar-refractivity contribution < 1.29 is 27.0 Å². The van der Waals surface area contributed by atoms with Gasteiger partial charge >= 0.3 is 0 Å². The lowest BCUT2D eigenvalue weighted by atomic mass is 10.1. The summed E-state index contributed by atoms with van der Waals surface area (Å²) in [6.07, 6.45) is 0.694. The number of nitrogens with zero attached hydrogens (tertiary/aromatic N) is 2. The molecule has 4 N–H and O–H groups in total. The van der Waals surface area contributed by atoms with Crippen LogP contribution in [0.25, 0.3) is 0 Å². The van der Waals surface area contributed by atoms with Gasteiger partial charge in [0.15, 0.2) is 0 Å². The fourth-order valence-corrected chi connectivity index (χ4v) is 10.5. The summed E-state index contributed by atoms with van der Waals surface area (Å²) >= 11 is 18.5. The molecule has 2 aliphatic heterocycles. The molecule has 1 aromatic heterocycles. The molecule has 2 aromatic rings. The van der Waals surface area contributed by atoms with Crippen LogP contribution in [0.3, 0.4) is 0 Å². The standard InChI is InChI=1S/C15H23ClN2O3S.C13H20Cl2N2O3S2/c1-11-7-12(2)18(9-11)10-13(19)8-17-22(20,21)15-6-4-3-5-14(15)16;1-8-3-9(2)17(6-8)7-10(18)5-16-22(19,20)11-4-12(14)21-13(11)15/h3-6,11-13,17,19H,7-10H2,1-2H3;4,8-10,16,18H,3,5-7H2,1-2H3/t11?,12?,13-;8?,9?,10-/m00/s1. The molecule has 0 amide bonds. The largest absolute Gasteiger partial charge is 0.390 e. The van der Waals surface area contributed by atoms with Gasteiger partial charge in [-0.05, 0) is 56.7 Å². The lowest BCUT2D eigenvalue weighted by Crippen LogP contribution is -2.41. The molecule has 44 heavy (non-hydrogen) atoms. The van der Waals surface area contributed by atoms with E-state index in [1.165, 1.54) is 18.2 Å². The van der Waals surface area contributed by atoms with Crippen molar-refractivity contribution in [3.63, 3.8) is 0 Å². The van der Waals surface area contributed by atoms with Crippen LogP contribution >= 0.6 is 46.1 Å². The van der Waals surface area contributed by atoms with Gasteiger partial charge in [-0.3, -0.25) is 9.80 Å². The Hall–Kier alpha value is -0.550. The topological polar surface area (TPSA) is 139 Å². The highest BCUT2D eigenvalue weighted by molar-refractivity contribution is 7.90. The number of halogens is 3. The van der Waals surface area contributed by atoms with Gasteiger partial charge in [-0.15, -0.1) is 11.3 Å². The molecule has 1 aromatic carbocycles. The average Bonchev–Trinajstić information content (AvgIpc) is 3.56. The van der Waals surface area contributed by atoms with Crippen molar-refractivity contribution in [2.45, 2.75) is 74.6 Å². The quantitative estimate of drug-likeness (QED) is 0.256. The van der Waals surface area contributed by atoms with Crippen LogP contribution < -0.4 is 9.44 Å². The second-order valence-electron chi connectivity index (χ2n) is 11.9. The SMILES string of the molecule is CC1CC(C)N(C[C@@H](O)CNS(=O)(=O)c2cc(Cl)sc2Cl)C1.CC1CC(C)N(C[C@@H](O)CNS(=O)(=O)c2ccccc2Cl)C1. The van der Waals surface area contributed by atoms with E-state index in [2.05, 4.69) is 46.9 Å². The summed E-state index contributed by atoms with van der Waals surface area (Å²) in [6, 6.07) is 8.40. The highest BCUT2D eigenvalue weighted by Gasteiger charge is 2.29. The molecule has 4 unspecified atom stereocenters. The Kier molecular flexibility index (Phi) is 14.2. The Balaban J connectivity index is 0.000000240. The minimum absolute atomic E-state index is 0.0227. The van der Waals surface area contributed by atoms with Crippen LogP contribution in [0.15, 0.2) is 40.1 Å². The van der Waals surface area contributed by atoms with Crippen molar-refractivity contribution in [1.29, 1.82) is 0 Å². The van der Waals surface area contributed by atoms with Crippen LogP contribution in [0.4, 0.5) is 0 Å². The molecule has 2 fully saturated rings. The predicted octanol–water partition coefficient (Wildman–Crippen LogP) is 4.13. The van der Waals surface area contributed by atoms with Crippen LogP contribution in [0.2, 0.25) is 13.7 Å².